The Hall–Kier alpha value is -2.93. The quantitative estimate of drug-likeness (QED) is 0.595. The van der Waals surface area contributed by atoms with Crippen LogP contribution in [0, 0.1) is 0 Å². The molecule has 0 saturated heterocycles. The smallest absolute Gasteiger partial charge is 0.258 e. The van der Waals surface area contributed by atoms with E-state index in [0.717, 1.165) is 34.0 Å². The molecule has 0 atom stereocenters. The zero-order valence-electron chi connectivity index (χ0n) is 13.0. The number of carbonyl (C=O) groups is 1. The molecule has 0 radical (unpaired) electrons. The Labute approximate surface area is 142 Å². The van der Waals surface area contributed by atoms with Gasteiger partial charge in [-0.05, 0) is 36.6 Å². The van der Waals surface area contributed by atoms with Gasteiger partial charge in [0.1, 0.15) is 5.82 Å². The van der Waals surface area contributed by atoms with E-state index in [2.05, 4.69) is 20.4 Å². The predicted molar refractivity (Wildman–Crippen MR) is 95.3 cm³/mol. The molecule has 0 aliphatic carbocycles. The second-order valence-electron chi connectivity index (χ2n) is 5.33. The van der Waals surface area contributed by atoms with E-state index in [4.69, 9.17) is 0 Å². The van der Waals surface area contributed by atoms with Crippen molar-refractivity contribution in [1.29, 1.82) is 0 Å². The van der Waals surface area contributed by atoms with Crippen LogP contribution in [0.2, 0.25) is 0 Å². The minimum Gasteiger partial charge on any atom is -0.337 e. The van der Waals surface area contributed by atoms with Crippen LogP contribution in [0.3, 0.4) is 0 Å². The average Bonchev–Trinajstić information content (AvgIpc) is 3.32. The molecule has 0 aliphatic heterocycles. The van der Waals surface area contributed by atoms with Crippen molar-refractivity contribution in [2.24, 2.45) is 0 Å². The maximum Gasteiger partial charge on any atom is 0.258 e. The lowest BCUT2D eigenvalue weighted by atomic mass is 10.2. The van der Waals surface area contributed by atoms with Crippen molar-refractivity contribution >= 4 is 34.0 Å². The first-order valence-electron chi connectivity index (χ1n) is 7.60. The van der Waals surface area contributed by atoms with E-state index >= 15 is 0 Å². The number of nitrogens with one attached hydrogen (secondary N) is 2. The zero-order valence-corrected chi connectivity index (χ0v) is 13.8. The Morgan fingerprint density at radius 3 is 3.04 bits per heavy atom. The third kappa shape index (κ3) is 2.69. The molecule has 1 amide bonds. The van der Waals surface area contributed by atoms with E-state index < -0.39 is 0 Å². The molecule has 0 unspecified atom stereocenters. The minimum atomic E-state index is -0.174. The highest BCUT2D eigenvalue weighted by molar-refractivity contribution is 7.13. The van der Waals surface area contributed by atoms with Crippen molar-refractivity contribution in [3.05, 3.63) is 53.7 Å². The van der Waals surface area contributed by atoms with Crippen LogP contribution in [0.5, 0.6) is 0 Å². The number of hydrogen-bond acceptors (Lipinski definition) is 4. The van der Waals surface area contributed by atoms with E-state index in [0.29, 0.717) is 5.56 Å². The number of amides is 1. The number of fused-ring (bicyclic) bond motifs is 1. The van der Waals surface area contributed by atoms with Gasteiger partial charge in [-0.1, -0.05) is 6.07 Å². The summed E-state index contributed by atoms with van der Waals surface area (Å²) in [7, 11) is 0. The van der Waals surface area contributed by atoms with Gasteiger partial charge in [0.15, 0.2) is 0 Å². The van der Waals surface area contributed by atoms with E-state index in [1.165, 1.54) is 0 Å². The van der Waals surface area contributed by atoms with Crippen molar-refractivity contribution in [2.45, 2.75) is 13.5 Å². The predicted octanol–water partition coefficient (Wildman–Crippen LogP) is 3.76. The maximum absolute atomic E-state index is 12.3. The molecule has 4 aromatic rings. The van der Waals surface area contributed by atoms with Crippen LogP contribution in [0.1, 0.15) is 17.3 Å². The molecule has 6 nitrogen and oxygen atoms in total. The zero-order chi connectivity index (χ0) is 16.5. The van der Waals surface area contributed by atoms with Crippen LogP contribution in [0.4, 0.5) is 5.69 Å². The van der Waals surface area contributed by atoms with Crippen LogP contribution in [-0.2, 0) is 6.54 Å². The number of thiophene rings is 1. The van der Waals surface area contributed by atoms with E-state index in [9.17, 15) is 4.79 Å². The van der Waals surface area contributed by atoms with Gasteiger partial charge in [-0.3, -0.25) is 9.48 Å². The molecular weight excluding hydrogens is 322 g/mol. The molecule has 3 heterocycles. The fourth-order valence-electron chi connectivity index (χ4n) is 2.47. The summed E-state index contributed by atoms with van der Waals surface area (Å²) in [4.78, 5) is 21.2. The molecule has 4 rings (SSSR count). The molecule has 0 fully saturated rings. The first-order valence-corrected chi connectivity index (χ1v) is 8.48. The molecule has 2 N–H and O–H groups in total. The van der Waals surface area contributed by atoms with Crippen molar-refractivity contribution in [1.82, 2.24) is 19.7 Å². The third-order valence-electron chi connectivity index (χ3n) is 3.71. The number of aryl methyl sites for hydroxylation is 1. The fourth-order valence-corrected chi connectivity index (χ4v) is 3.14. The normalized spacial score (nSPS) is 11.0. The van der Waals surface area contributed by atoms with Crippen LogP contribution in [0.15, 0.2) is 48.1 Å². The number of aromatic nitrogens is 4. The topological polar surface area (TPSA) is 75.6 Å². The summed E-state index contributed by atoms with van der Waals surface area (Å²) in [5.74, 6) is 0.666. The van der Waals surface area contributed by atoms with Crippen LogP contribution < -0.4 is 5.32 Å². The first kappa shape index (κ1) is 14.6. The van der Waals surface area contributed by atoms with Gasteiger partial charge in [-0.15, -0.1) is 11.3 Å². The third-order valence-corrected chi connectivity index (χ3v) is 4.59. The average molecular weight is 337 g/mol. The molecule has 24 heavy (non-hydrogen) atoms. The number of imidazole rings is 1. The highest BCUT2D eigenvalue weighted by Crippen LogP contribution is 2.26. The lowest BCUT2D eigenvalue weighted by molar-refractivity contribution is 0.102. The summed E-state index contributed by atoms with van der Waals surface area (Å²) in [5.41, 5.74) is 3.02. The molecule has 120 valence electrons. The van der Waals surface area contributed by atoms with E-state index in [-0.39, 0.29) is 5.91 Å². The highest BCUT2D eigenvalue weighted by atomic mass is 32.1. The molecule has 7 heteroatoms. The summed E-state index contributed by atoms with van der Waals surface area (Å²) < 4.78 is 1.72. The summed E-state index contributed by atoms with van der Waals surface area (Å²) in [6.07, 6.45) is 3.31. The van der Waals surface area contributed by atoms with Crippen LogP contribution in [0.25, 0.3) is 21.7 Å². The van der Waals surface area contributed by atoms with Gasteiger partial charge in [0, 0.05) is 18.4 Å². The number of rotatable bonds is 4. The molecule has 0 aliphatic rings. The fraction of sp³-hybridized carbons (Fsp3) is 0.118. The number of carbonyl (C=O) groups excluding carboxylic acids is 1. The Morgan fingerprint density at radius 2 is 2.29 bits per heavy atom. The second kappa shape index (κ2) is 5.93. The van der Waals surface area contributed by atoms with Gasteiger partial charge in [-0.25, -0.2) is 4.98 Å². The molecule has 3 aromatic heterocycles. The first-order chi connectivity index (χ1) is 11.7. The number of benzene rings is 1. The lowest BCUT2D eigenvalue weighted by Gasteiger charge is -2.03. The maximum atomic E-state index is 12.3. The Balaban J connectivity index is 1.59. The number of H-pyrrole nitrogens is 1. The van der Waals surface area contributed by atoms with Crippen molar-refractivity contribution in [2.75, 3.05) is 5.32 Å². The van der Waals surface area contributed by atoms with Crippen molar-refractivity contribution < 1.29 is 4.79 Å². The Kier molecular flexibility index (Phi) is 3.62. The molecular formula is C17H15N5OS. The summed E-state index contributed by atoms with van der Waals surface area (Å²) in [5, 5.41) is 9.03. The number of anilines is 1. The monoisotopic (exact) mass is 337 g/mol. The molecule has 0 bridgehead atoms. The van der Waals surface area contributed by atoms with Gasteiger partial charge in [0.25, 0.3) is 5.91 Å². The number of aromatic amines is 1. The van der Waals surface area contributed by atoms with E-state index in [1.807, 2.05) is 42.6 Å². The molecule has 0 spiro atoms. The molecule has 0 saturated carbocycles. The lowest BCUT2D eigenvalue weighted by Crippen LogP contribution is -2.11. The van der Waals surface area contributed by atoms with Gasteiger partial charge in [0.2, 0.25) is 0 Å². The SMILES string of the molecule is CCn1cc(C(=O)Nc2ccc3nc(-c4cccs4)[nH]c3c2)cn1. The highest BCUT2D eigenvalue weighted by Gasteiger charge is 2.11. The number of nitrogens with zero attached hydrogens (tertiary/aromatic N) is 3. The van der Waals surface area contributed by atoms with Crippen molar-refractivity contribution in [3.63, 3.8) is 0 Å². The molecule has 1 aromatic carbocycles. The summed E-state index contributed by atoms with van der Waals surface area (Å²) in [6.45, 7) is 2.71. The van der Waals surface area contributed by atoms with E-state index in [1.54, 1.807) is 28.4 Å². The van der Waals surface area contributed by atoms with Crippen LogP contribution >= 0.6 is 11.3 Å². The number of hydrogen-bond donors (Lipinski definition) is 2. The summed E-state index contributed by atoms with van der Waals surface area (Å²) >= 11 is 1.64. The van der Waals surface area contributed by atoms with Crippen LogP contribution in [-0.4, -0.2) is 25.7 Å². The van der Waals surface area contributed by atoms with Crippen molar-refractivity contribution in [3.8, 4) is 10.7 Å². The van der Waals surface area contributed by atoms with Gasteiger partial charge in [-0.2, -0.15) is 5.10 Å². The standard InChI is InChI=1S/C17H15N5OS/c1-2-22-10-11(9-18-22)17(23)19-12-5-6-13-14(8-12)21-16(20-13)15-4-3-7-24-15/h3-10H,2H2,1H3,(H,19,23)(H,20,21). The Morgan fingerprint density at radius 1 is 1.38 bits per heavy atom. The Bertz CT molecular complexity index is 999. The van der Waals surface area contributed by atoms with Gasteiger partial charge < -0.3 is 10.3 Å². The largest absolute Gasteiger partial charge is 0.337 e. The van der Waals surface area contributed by atoms with Gasteiger partial charge in [0.05, 0.1) is 27.7 Å². The van der Waals surface area contributed by atoms with Gasteiger partial charge >= 0.3 is 0 Å². The second-order valence-corrected chi connectivity index (χ2v) is 6.28. The minimum absolute atomic E-state index is 0.174. The summed E-state index contributed by atoms with van der Waals surface area (Å²) in [6, 6.07) is 9.66.